The number of carbonyl (C=O) groups excluding carboxylic acids is 3. The summed E-state index contributed by atoms with van der Waals surface area (Å²) >= 11 is 0.926. The normalized spacial score (nSPS) is 19.2. The van der Waals surface area contributed by atoms with E-state index in [1.54, 1.807) is 0 Å². The van der Waals surface area contributed by atoms with Gasteiger partial charge in [-0.1, -0.05) is 17.8 Å². The topological polar surface area (TPSA) is 140 Å². The molecule has 198 valence electrons. The Morgan fingerprint density at radius 2 is 1.97 bits per heavy atom. The number of nitro benzene ring substituents is 1. The molecule has 0 saturated carbocycles. The van der Waals surface area contributed by atoms with Crippen LogP contribution in [0.4, 0.5) is 29.3 Å². The quantitative estimate of drug-likeness (QED) is 0.271. The molecule has 0 unspecified atom stereocenters. The number of hydrogen-bond acceptors (Lipinski definition) is 10. The first-order valence-electron chi connectivity index (χ1n) is 10.6. The molecule has 0 aliphatic carbocycles. The van der Waals surface area contributed by atoms with Crippen molar-refractivity contribution in [1.29, 1.82) is 0 Å². The second kappa shape index (κ2) is 11.5. The average molecular weight is 542 g/mol. The third-order valence-electron chi connectivity index (χ3n) is 5.16. The van der Waals surface area contributed by atoms with Crippen molar-refractivity contribution >= 4 is 40.6 Å². The van der Waals surface area contributed by atoms with Gasteiger partial charge in [0.2, 0.25) is 0 Å². The molecular weight excluding hydrogens is 521 g/mol. The van der Waals surface area contributed by atoms with Crippen LogP contribution in [0.15, 0.2) is 48.5 Å². The minimum absolute atomic E-state index is 0.0148. The largest absolute Gasteiger partial charge is 0.573 e. The van der Waals surface area contributed by atoms with Gasteiger partial charge in [0.25, 0.3) is 5.69 Å². The monoisotopic (exact) mass is 542 g/mol. The van der Waals surface area contributed by atoms with Gasteiger partial charge in [-0.2, -0.15) is 0 Å². The Balaban J connectivity index is 1.75. The third kappa shape index (κ3) is 7.57. The van der Waals surface area contributed by atoms with Crippen LogP contribution in [0.2, 0.25) is 0 Å². The van der Waals surface area contributed by atoms with E-state index in [2.05, 4.69) is 15.6 Å². The highest BCUT2D eigenvalue weighted by molar-refractivity contribution is 8.14. The molecule has 1 aliphatic rings. The van der Waals surface area contributed by atoms with Gasteiger partial charge in [-0.3, -0.25) is 24.6 Å². The lowest BCUT2D eigenvalue weighted by Crippen LogP contribution is -2.60. The molecule has 1 aliphatic heterocycles. The molecule has 37 heavy (non-hydrogen) atoms. The molecule has 0 spiro atoms. The van der Waals surface area contributed by atoms with Crippen LogP contribution in [0, 0.1) is 10.1 Å². The highest BCUT2D eigenvalue weighted by Crippen LogP contribution is 2.34. The molecule has 2 aromatic carbocycles. The number of amides is 1. The van der Waals surface area contributed by atoms with Crippen LogP contribution in [-0.2, 0) is 20.9 Å². The SMILES string of the molecule is CC(=O)S[C@@H]1CN(C(=O)OCc2ccc([N+](=O)[O-])cc2)[C@](C=O)(NNc2cccc(OC(F)(F)F)c2)C1. The van der Waals surface area contributed by atoms with E-state index in [4.69, 9.17) is 4.74 Å². The van der Waals surface area contributed by atoms with Crippen LogP contribution in [-0.4, -0.2) is 51.1 Å². The predicted octanol–water partition coefficient (Wildman–Crippen LogP) is 4.00. The van der Waals surface area contributed by atoms with Gasteiger partial charge in [-0.05, 0) is 29.8 Å². The van der Waals surface area contributed by atoms with Gasteiger partial charge in [0.05, 0.1) is 10.6 Å². The summed E-state index contributed by atoms with van der Waals surface area (Å²) in [4.78, 5) is 48.1. The Hall–Kier alpha value is -3.85. The Labute approximate surface area is 212 Å². The van der Waals surface area contributed by atoms with Crippen molar-refractivity contribution in [2.75, 3.05) is 12.0 Å². The number of nitro groups is 1. The zero-order chi connectivity index (χ0) is 27.2. The van der Waals surface area contributed by atoms with Crippen molar-refractivity contribution in [3.05, 3.63) is 64.2 Å². The number of carbonyl (C=O) groups is 3. The molecule has 15 heteroatoms. The van der Waals surface area contributed by atoms with Gasteiger partial charge < -0.3 is 14.9 Å². The van der Waals surface area contributed by atoms with Gasteiger partial charge in [0.15, 0.2) is 17.1 Å². The maximum atomic E-state index is 13.0. The number of aldehydes is 1. The van der Waals surface area contributed by atoms with Crippen molar-refractivity contribution in [3.8, 4) is 5.75 Å². The van der Waals surface area contributed by atoms with Crippen molar-refractivity contribution in [2.24, 2.45) is 0 Å². The molecular formula is C22H21F3N4O7S. The molecule has 11 nitrogen and oxygen atoms in total. The second-order valence-electron chi connectivity index (χ2n) is 7.89. The first-order valence-corrected chi connectivity index (χ1v) is 11.5. The number of benzene rings is 2. The van der Waals surface area contributed by atoms with Crippen LogP contribution < -0.4 is 15.6 Å². The lowest BCUT2D eigenvalue weighted by atomic mass is 10.1. The predicted molar refractivity (Wildman–Crippen MR) is 125 cm³/mol. The van der Waals surface area contributed by atoms with E-state index in [1.165, 1.54) is 43.3 Å². The van der Waals surface area contributed by atoms with E-state index in [1.807, 2.05) is 0 Å². The number of nitrogens with one attached hydrogen (secondary N) is 2. The van der Waals surface area contributed by atoms with Crippen molar-refractivity contribution < 1.29 is 42.0 Å². The molecule has 2 aromatic rings. The smallest absolute Gasteiger partial charge is 0.444 e. The Bertz CT molecular complexity index is 1170. The number of non-ortho nitro benzene ring substituents is 1. The average Bonchev–Trinajstić information content (AvgIpc) is 3.18. The van der Waals surface area contributed by atoms with Gasteiger partial charge in [-0.15, -0.1) is 13.2 Å². The minimum atomic E-state index is -4.90. The number of hydrazine groups is 1. The van der Waals surface area contributed by atoms with Crippen LogP contribution in [0.25, 0.3) is 0 Å². The van der Waals surface area contributed by atoms with Gasteiger partial charge >= 0.3 is 12.5 Å². The molecule has 1 saturated heterocycles. The van der Waals surface area contributed by atoms with E-state index >= 15 is 0 Å². The second-order valence-corrected chi connectivity index (χ2v) is 9.37. The Morgan fingerprint density at radius 1 is 1.27 bits per heavy atom. The van der Waals surface area contributed by atoms with E-state index in [9.17, 15) is 37.7 Å². The summed E-state index contributed by atoms with van der Waals surface area (Å²) in [5.74, 6) is -0.504. The maximum absolute atomic E-state index is 13.0. The molecule has 2 N–H and O–H groups in total. The first kappa shape index (κ1) is 27.7. The molecule has 1 heterocycles. The fraction of sp³-hybridized carbons (Fsp3) is 0.318. The highest BCUT2D eigenvalue weighted by atomic mass is 32.2. The van der Waals surface area contributed by atoms with Crippen LogP contribution in [0.1, 0.15) is 18.9 Å². The summed E-state index contributed by atoms with van der Waals surface area (Å²) in [5.41, 5.74) is 4.00. The van der Waals surface area contributed by atoms with Gasteiger partial charge in [0.1, 0.15) is 12.4 Å². The van der Waals surface area contributed by atoms with Crippen molar-refractivity contribution in [1.82, 2.24) is 10.3 Å². The first-order chi connectivity index (χ1) is 17.4. The zero-order valence-corrected chi connectivity index (χ0v) is 20.0. The number of likely N-dealkylation sites (tertiary alicyclic amines) is 1. The zero-order valence-electron chi connectivity index (χ0n) is 19.2. The summed E-state index contributed by atoms with van der Waals surface area (Å²) < 4.78 is 46.8. The van der Waals surface area contributed by atoms with Gasteiger partial charge in [-0.25, -0.2) is 10.2 Å². The van der Waals surface area contributed by atoms with Crippen LogP contribution in [0.5, 0.6) is 5.75 Å². The molecule has 3 rings (SSSR count). The fourth-order valence-corrected chi connectivity index (χ4v) is 4.62. The molecule has 0 bridgehead atoms. The third-order valence-corrected chi connectivity index (χ3v) is 6.14. The summed E-state index contributed by atoms with van der Waals surface area (Å²) in [5, 5.41) is 10.1. The minimum Gasteiger partial charge on any atom is -0.444 e. The summed E-state index contributed by atoms with van der Waals surface area (Å²) in [6.45, 7) is 1.03. The number of halogens is 3. The summed E-state index contributed by atoms with van der Waals surface area (Å²) in [6, 6.07) is 10.1. The molecule has 1 amide bonds. The summed E-state index contributed by atoms with van der Waals surface area (Å²) in [7, 11) is 0. The van der Waals surface area contributed by atoms with E-state index in [-0.39, 0.29) is 36.1 Å². The number of ether oxygens (including phenoxy) is 2. The Morgan fingerprint density at radius 3 is 2.57 bits per heavy atom. The lowest BCUT2D eigenvalue weighted by molar-refractivity contribution is -0.384. The van der Waals surface area contributed by atoms with E-state index in [0.717, 1.165) is 28.8 Å². The molecule has 0 aromatic heterocycles. The van der Waals surface area contributed by atoms with Crippen molar-refractivity contribution in [2.45, 2.75) is 37.2 Å². The van der Waals surface area contributed by atoms with Gasteiger partial charge in [0, 0.05) is 43.3 Å². The number of hydrogen-bond donors (Lipinski definition) is 2. The van der Waals surface area contributed by atoms with Crippen LogP contribution in [0.3, 0.4) is 0 Å². The molecule has 0 radical (unpaired) electrons. The maximum Gasteiger partial charge on any atom is 0.573 e. The van der Waals surface area contributed by atoms with E-state index < -0.39 is 34.0 Å². The standard InChI is InChI=1S/C22H21F3N4O7S/c1-14(31)37-19-10-21(13-30,27-26-16-3-2-4-18(9-16)36-22(23,24)25)28(11-19)20(32)35-12-15-5-7-17(8-6-15)29(33)34/h2-9,13,19,26-27H,10-12H2,1H3/t19-,21+/m0/s1. The fourth-order valence-electron chi connectivity index (χ4n) is 3.59. The van der Waals surface area contributed by atoms with Crippen molar-refractivity contribution in [3.63, 3.8) is 0 Å². The Kier molecular flexibility index (Phi) is 8.60. The lowest BCUT2D eigenvalue weighted by Gasteiger charge is -2.34. The van der Waals surface area contributed by atoms with Crippen LogP contribution >= 0.6 is 11.8 Å². The summed E-state index contributed by atoms with van der Waals surface area (Å²) in [6.07, 6.45) is -5.40. The number of nitrogens with zero attached hydrogens (tertiary/aromatic N) is 2. The number of rotatable bonds is 9. The number of anilines is 1. The highest BCUT2D eigenvalue weighted by Gasteiger charge is 2.50. The molecule has 2 atom stereocenters. The molecule has 1 fully saturated rings. The number of thioether (sulfide) groups is 1. The number of alkyl halides is 3. The van der Waals surface area contributed by atoms with E-state index in [0.29, 0.717) is 11.8 Å².